The van der Waals surface area contributed by atoms with Crippen molar-refractivity contribution >= 4 is 28.6 Å². The Morgan fingerprint density at radius 2 is 2.19 bits per heavy atom. The van der Waals surface area contributed by atoms with Gasteiger partial charge in [-0.25, -0.2) is 14.2 Å². The molecule has 0 radical (unpaired) electrons. The van der Waals surface area contributed by atoms with Gasteiger partial charge in [0.05, 0.1) is 22.8 Å². The molecule has 0 saturated carbocycles. The Kier molecular flexibility index (Phi) is 4.71. The van der Waals surface area contributed by atoms with Crippen LogP contribution in [0.5, 0.6) is 0 Å². The van der Waals surface area contributed by atoms with Crippen molar-refractivity contribution in [2.75, 3.05) is 7.11 Å². The van der Waals surface area contributed by atoms with Crippen LogP contribution in [0.25, 0.3) is 0 Å². The molecule has 0 aliphatic carbocycles. The van der Waals surface area contributed by atoms with E-state index >= 15 is 0 Å². The number of rotatable bonds is 3. The number of aryl methyl sites for hydroxylation is 1. The number of methoxy groups -OCH3 is 1. The molecule has 0 saturated heterocycles. The van der Waals surface area contributed by atoms with Crippen molar-refractivity contribution < 1.29 is 13.9 Å². The van der Waals surface area contributed by atoms with Crippen molar-refractivity contribution in [2.45, 2.75) is 13.5 Å². The van der Waals surface area contributed by atoms with Gasteiger partial charge in [0, 0.05) is 6.20 Å². The van der Waals surface area contributed by atoms with Gasteiger partial charge in [0.1, 0.15) is 11.6 Å². The number of hydrogen-bond acceptors (Lipinski definition) is 4. The van der Waals surface area contributed by atoms with Crippen molar-refractivity contribution in [3.8, 4) is 0 Å². The summed E-state index contributed by atoms with van der Waals surface area (Å²) in [5, 5.41) is 0. The predicted molar refractivity (Wildman–Crippen MR) is 82.8 cm³/mol. The minimum atomic E-state index is -0.733. The highest BCUT2D eigenvalue weighted by Gasteiger charge is 2.13. The molecule has 0 amide bonds. The number of carbonyl (C=O) groups excluding carboxylic acids is 1. The summed E-state index contributed by atoms with van der Waals surface area (Å²) in [4.78, 5) is 27.5. The minimum Gasteiger partial charge on any atom is -0.465 e. The largest absolute Gasteiger partial charge is 0.465 e. The Labute approximate surface area is 133 Å². The van der Waals surface area contributed by atoms with Crippen LogP contribution in [0.3, 0.4) is 0 Å². The summed E-state index contributed by atoms with van der Waals surface area (Å²) in [5.41, 5.74) is 0.251. The van der Waals surface area contributed by atoms with Gasteiger partial charge in [-0.15, -0.1) is 0 Å². The molecular weight excluding hydrogens is 390 g/mol. The van der Waals surface area contributed by atoms with Crippen LogP contribution in [-0.2, 0) is 11.3 Å². The second kappa shape index (κ2) is 6.33. The van der Waals surface area contributed by atoms with E-state index in [-0.39, 0.29) is 17.7 Å². The number of ether oxygens (including phenoxy) is 1. The van der Waals surface area contributed by atoms with Crippen molar-refractivity contribution in [3.05, 3.63) is 61.1 Å². The molecular formula is C14H12FIN2O3. The second-order valence-electron chi connectivity index (χ2n) is 4.35. The van der Waals surface area contributed by atoms with Crippen molar-refractivity contribution in [1.29, 1.82) is 0 Å². The number of aromatic nitrogens is 2. The van der Waals surface area contributed by atoms with Gasteiger partial charge >= 0.3 is 5.97 Å². The molecule has 0 unspecified atom stereocenters. The number of nitrogens with zero attached hydrogens (tertiary/aromatic N) is 2. The first-order chi connectivity index (χ1) is 9.93. The van der Waals surface area contributed by atoms with Crippen molar-refractivity contribution in [3.63, 3.8) is 0 Å². The Bertz CT molecular complexity index is 758. The molecule has 7 heteroatoms. The molecule has 0 aliphatic heterocycles. The lowest BCUT2D eigenvalue weighted by atomic mass is 10.1. The highest BCUT2D eigenvalue weighted by Crippen LogP contribution is 2.13. The van der Waals surface area contributed by atoms with E-state index in [4.69, 9.17) is 0 Å². The molecule has 1 heterocycles. The van der Waals surface area contributed by atoms with E-state index < -0.39 is 11.8 Å². The zero-order valence-corrected chi connectivity index (χ0v) is 13.5. The van der Waals surface area contributed by atoms with Crippen molar-refractivity contribution in [1.82, 2.24) is 9.55 Å². The first-order valence-corrected chi connectivity index (χ1v) is 7.10. The lowest BCUT2D eigenvalue weighted by Crippen LogP contribution is -2.26. The van der Waals surface area contributed by atoms with Crippen LogP contribution in [-0.4, -0.2) is 22.6 Å². The van der Waals surface area contributed by atoms with Gasteiger partial charge in [0.15, 0.2) is 0 Å². The topological polar surface area (TPSA) is 61.2 Å². The fraction of sp³-hybridized carbons (Fsp3) is 0.214. The Morgan fingerprint density at radius 3 is 2.81 bits per heavy atom. The van der Waals surface area contributed by atoms with Crippen molar-refractivity contribution in [2.24, 2.45) is 0 Å². The predicted octanol–water partition coefficient (Wildman–Crippen LogP) is 2.13. The van der Waals surface area contributed by atoms with Gasteiger partial charge in [-0.2, -0.15) is 0 Å². The summed E-state index contributed by atoms with van der Waals surface area (Å²) in [6.45, 7) is 1.89. The Hall–Kier alpha value is -1.77. The second-order valence-corrected chi connectivity index (χ2v) is 5.51. The van der Waals surface area contributed by atoms with Crippen LogP contribution < -0.4 is 5.56 Å². The highest BCUT2D eigenvalue weighted by atomic mass is 127. The summed E-state index contributed by atoms with van der Waals surface area (Å²) in [6.07, 6.45) is 1.50. The van der Waals surface area contributed by atoms with Gasteiger partial charge in [-0.05, 0) is 47.2 Å². The molecule has 21 heavy (non-hydrogen) atoms. The zero-order chi connectivity index (χ0) is 15.6. The summed E-state index contributed by atoms with van der Waals surface area (Å²) in [6, 6.07) is 4.15. The molecule has 1 aromatic carbocycles. The Balaban J connectivity index is 2.38. The maximum absolute atomic E-state index is 13.9. The molecule has 0 bridgehead atoms. The fourth-order valence-electron chi connectivity index (χ4n) is 1.85. The summed E-state index contributed by atoms with van der Waals surface area (Å²) < 4.78 is 20.3. The maximum Gasteiger partial charge on any atom is 0.340 e. The first kappa shape index (κ1) is 15.6. The van der Waals surface area contributed by atoms with E-state index in [0.717, 1.165) is 0 Å². The third-order valence-corrected chi connectivity index (χ3v) is 3.72. The molecule has 1 aromatic heterocycles. The van der Waals surface area contributed by atoms with E-state index in [0.29, 0.717) is 15.0 Å². The molecule has 5 nitrogen and oxygen atoms in total. The highest BCUT2D eigenvalue weighted by molar-refractivity contribution is 14.1. The molecule has 2 aromatic rings. The third-order valence-electron chi connectivity index (χ3n) is 2.98. The monoisotopic (exact) mass is 402 g/mol. The summed E-state index contributed by atoms with van der Waals surface area (Å²) in [7, 11) is 1.19. The van der Waals surface area contributed by atoms with Gasteiger partial charge in [-0.3, -0.25) is 9.36 Å². The van der Waals surface area contributed by atoms with Crippen LogP contribution in [0.2, 0.25) is 0 Å². The number of carbonyl (C=O) groups is 1. The Morgan fingerprint density at radius 1 is 1.48 bits per heavy atom. The smallest absolute Gasteiger partial charge is 0.340 e. The van der Waals surface area contributed by atoms with Gasteiger partial charge < -0.3 is 4.74 Å². The maximum atomic E-state index is 13.9. The number of hydrogen-bond donors (Lipinski definition) is 0. The van der Waals surface area contributed by atoms with Crippen LogP contribution in [0.4, 0.5) is 4.39 Å². The fourth-order valence-corrected chi connectivity index (χ4v) is 2.28. The number of benzene rings is 1. The normalized spacial score (nSPS) is 10.5. The zero-order valence-electron chi connectivity index (χ0n) is 11.4. The SMILES string of the molecule is COC(=O)c1ccc(Cn2c(C)ncc(I)c2=O)cc1F. The van der Waals surface area contributed by atoms with E-state index in [2.05, 4.69) is 9.72 Å². The van der Waals surface area contributed by atoms with Gasteiger partial charge in [-0.1, -0.05) is 6.07 Å². The average Bonchev–Trinajstić information content (AvgIpc) is 2.47. The quantitative estimate of drug-likeness (QED) is 0.583. The van der Waals surface area contributed by atoms with E-state index in [9.17, 15) is 14.0 Å². The van der Waals surface area contributed by atoms with Gasteiger partial charge in [0.25, 0.3) is 5.56 Å². The van der Waals surface area contributed by atoms with E-state index in [1.807, 2.05) is 22.6 Å². The molecule has 0 aliphatic rings. The number of esters is 1. The molecule has 0 atom stereocenters. The van der Waals surface area contributed by atoms with Crippen LogP contribution in [0, 0.1) is 16.3 Å². The first-order valence-electron chi connectivity index (χ1n) is 6.02. The van der Waals surface area contributed by atoms with E-state index in [1.54, 1.807) is 13.0 Å². The molecule has 2 rings (SSSR count). The molecule has 0 fully saturated rings. The van der Waals surface area contributed by atoms with Crippen LogP contribution in [0.15, 0.2) is 29.2 Å². The van der Waals surface area contributed by atoms with Crippen LogP contribution >= 0.6 is 22.6 Å². The summed E-state index contributed by atoms with van der Waals surface area (Å²) >= 11 is 1.90. The lowest BCUT2D eigenvalue weighted by molar-refractivity contribution is 0.0595. The lowest BCUT2D eigenvalue weighted by Gasteiger charge is -2.10. The van der Waals surface area contributed by atoms with E-state index in [1.165, 1.54) is 30.0 Å². The molecule has 110 valence electrons. The standard InChI is InChI=1S/C14H12FIN2O3/c1-8-17-6-12(16)13(19)18(8)7-9-3-4-10(11(15)5-9)14(20)21-2/h3-6H,7H2,1-2H3. The minimum absolute atomic E-state index is 0.133. The molecule has 0 spiro atoms. The average molecular weight is 402 g/mol. The molecule has 0 N–H and O–H groups in total. The number of halogens is 2. The van der Waals surface area contributed by atoms with Crippen LogP contribution in [0.1, 0.15) is 21.7 Å². The van der Waals surface area contributed by atoms with Gasteiger partial charge in [0.2, 0.25) is 0 Å². The third kappa shape index (κ3) is 3.29. The summed E-state index contributed by atoms with van der Waals surface area (Å²) in [5.74, 6) is -0.871.